The van der Waals surface area contributed by atoms with Crippen LogP contribution in [0.3, 0.4) is 0 Å². The molecule has 1 amide bonds. The predicted molar refractivity (Wildman–Crippen MR) is 85.9 cm³/mol. The molecule has 0 bridgehead atoms. The molecule has 3 N–H and O–H groups in total. The van der Waals surface area contributed by atoms with Gasteiger partial charge in [-0.2, -0.15) is 5.26 Å². The lowest BCUT2D eigenvalue weighted by Crippen LogP contribution is -2.21. The summed E-state index contributed by atoms with van der Waals surface area (Å²) in [5, 5.41) is 11.8. The zero-order chi connectivity index (χ0) is 16.8. The molecular weight excluding hydrogens is 318 g/mol. The highest BCUT2D eigenvalue weighted by molar-refractivity contribution is 6.33. The number of nitrogens with one attached hydrogen (secondary N) is 1. The van der Waals surface area contributed by atoms with Crippen molar-refractivity contribution in [2.75, 3.05) is 17.7 Å². The Kier molecular flexibility index (Phi) is 5.18. The number of ether oxygens (including phenoxy) is 1. The Morgan fingerprint density at radius 3 is 2.70 bits per heavy atom. The summed E-state index contributed by atoms with van der Waals surface area (Å²) in [7, 11) is 0. The number of anilines is 2. The monoisotopic (exact) mass is 329 g/mol. The molecule has 2 rings (SSSR count). The number of amides is 1. The van der Waals surface area contributed by atoms with Gasteiger partial charge in [-0.25, -0.2) is 4.79 Å². The number of nitriles is 1. The van der Waals surface area contributed by atoms with Crippen LogP contribution >= 0.6 is 11.6 Å². The summed E-state index contributed by atoms with van der Waals surface area (Å²) in [5.41, 5.74) is 6.71. The number of esters is 1. The van der Waals surface area contributed by atoms with Gasteiger partial charge < -0.3 is 15.8 Å². The molecule has 0 saturated carbocycles. The quantitative estimate of drug-likeness (QED) is 0.662. The summed E-state index contributed by atoms with van der Waals surface area (Å²) in [5.74, 6) is -1.25. The van der Waals surface area contributed by atoms with Crippen LogP contribution in [0.15, 0.2) is 42.5 Å². The number of para-hydroxylation sites is 1. The minimum atomic E-state index is -0.697. The summed E-state index contributed by atoms with van der Waals surface area (Å²) < 4.78 is 4.90. The molecule has 0 unspecified atom stereocenters. The molecule has 2 aromatic rings. The van der Waals surface area contributed by atoms with Gasteiger partial charge in [-0.05, 0) is 30.3 Å². The van der Waals surface area contributed by atoms with E-state index in [0.717, 1.165) is 0 Å². The van der Waals surface area contributed by atoms with Crippen LogP contribution in [-0.4, -0.2) is 18.5 Å². The van der Waals surface area contributed by atoms with Gasteiger partial charge in [0.25, 0.3) is 5.91 Å². The van der Waals surface area contributed by atoms with E-state index in [-0.39, 0.29) is 11.3 Å². The molecule has 7 heteroatoms. The van der Waals surface area contributed by atoms with Gasteiger partial charge in [0.2, 0.25) is 0 Å². The molecule has 0 saturated heterocycles. The topological polar surface area (TPSA) is 105 Å². The van der Waals surface area contributed by atoms with Crippen LogP contribution in [0.4, 0.5) is 11.4 Å². The highest BCUT2D eigenvalue weighted by Gasteiger charge is 2.12. The van der Waals surface area contributed by atoms with E-state index < -0.39 is 18.5 Å². The van der Waals surface area contributed by atoms with Crippen LogP contribution in [0.25, 0.3) is 0 Å². The van der Waals surface area contributed by atoms with E-state index in [1.54, 1.807) is 24.3 Å². The fourth-order valence-corrected chi connectivity index (χ4v) is 1.88. The molecule has 0 atom stereocenters. The smallest absolute Gasteiger partial charge is 0.338 e. The van der Waals surface area contributed by atoms with Crippen molar-refractivity contribution in [3.05, 3.63) is 58.6 Å². The molecule has 6 nitrogen and oxygen atoms in total. The second-order valence-electron chi connectivity index (χ2n) is 4.52. The van der Waals surface area contributed by atoms with Crippen LogP contribution in [0.1, 0.15) is 15.9 Å². The summed E-state index contributed by atoms with van der Waals surface area (Å²) in [4.78, 5) is 23.6. The average molecular weight is 330 g/mol. The maximum absolute atomic E-state index is 11.8. The van der Waals surface area contributed by atoms with Crippen molar-refractivity contribution in [2.24, 2.45) is 0 Å². The Bertz CT molecular complexity index is 799. The van der Waals surface area contributed by atoms with Crippen molar-refractivity contribution in [1.29, 1.82) is 5.26 Å². The van der Waals surface area contributed by atoms with Crippen molar-refractivity contribution in [1.82, 2.24) is 0 Å². The third-order valence-electron chi connectivity index (χ3n) is 2.89. The number of rotatable bonds is 4. The highest BCUT2D eigenvalue weighted by Crippen LogP contribution is 2.20. The van der Waals surface area contributed by atoms with Crippen molar-refractivity contribution < 1.29 is 14.3 Å². The van der Waals surface area contributed by atoms with E-state index in [0.29, 0.717) is 16.3 Å². The molecule has 0 heterocycles. The summed E-state index contributed by atoms with van der Waals surface area (Å²) in [6.45, 7) is -0.485. The molecule has 0 aliphatic carbocycles. The zero-order valence-corrected chi connectivity index (χ0v) is 12.6. The van der Waals surface area contributed by atoms with Gasteiger partial charge in [0.1, 0.15) is 6.07 Å². The average Bonchev–Trinajstić information content (AvgIpc) is 2.55. The maximum Gasteiger partial charge on any atom is 0.338 e. The zero-order valence-electron chi connectivity index (χ0n) is 11.9. The van der Waals surface area contributed by atoms with Crippen molar-refractivity contribution in [2.45, 2.75) is 0 Å². The van der Waals surface area contributed by atoms with Gasteiger partial charge in [0.05, 0.1) is 27.5 Å². The first kappa shape index (κ1) is 16.3. The molecule has 0 aliphatic heterocycles. The van der Waals surface area contributed by atoms with E-state index in [4.69, 9.17) is 27.3 Å². The first-order valence-corrected chi connectivity index (χ1v) is 6.90. The van der Waals surface area contributed by atoms with Gasteiger partial charge in [-0.15, -0.1) is 0 Å². The van der Waals surface area contributed by atoms with E-state index in [1.165, 1.54) is 18.2 Å². The number of carbonyl (C=O) groups excluding carboxylic acids is 2. The van der Waals surface area contributed by atoms with E-state index in [9.17, 15) is 9.59 Å². The van der Waals surface area contributed by atoms with Crippen LogP contribution < -0.4 is 11.1 Å². The first-order valence-electron chi connectivity index (χ1n) is 6.52. The summed E-state index contributed by atoms with van der Waals surface area (Å²) >= 11 is 5.76. The second-order valence-corrected chi connectivity index (χ2v) is 4.93. The van der Waals surface area contributed by atoms with E-state index in [1.807, 2.05) is 6.07 Å². The normalized spacial score (nSPS) is 9.74. The molecule has 0 radical (unpaired) electrons. The maximum atomic E-state index is 11.8. The Hall–Kier alpha value is -3.04. The molecular formula is C16H12ClN3O3. The lowest BCUT2D eigenvalue weighted by molar-refractivity contribution is -0.119. The molecule has 0 spiro atoms. The molecule has 0 aromatic heterocycles. The summed E-state index contributed by atoms with van der Waals surface area (Å²) in [6, 6.07) is 12.7. The van der Waals surface area contributed by atoms with Gasteiger partial charge >= 0.3 is 5.97 Å². The number of nitrogens with two attached hydrogens (primary N) is 1. The fourth-order valence-electron chi connectivity index (χ4n) is 1.76. The van der Waals surface area contributed by atoms with Crippen molar-refractivity contribution in [3.8, 4) is 6.07 Å². The SMILES string of the molecule is N#Cc1ccccc1NC(=O)COC(=O)c1ccc(Cl)c(N)c1. The Morgan fingerprint density at radius 2 is 2.00 bits per heavy atom. The van der Waals surface area contributed by atoms with Gasteiger partial charge in [-0.1, -0.05) is 23.7 Å². The van der Waals surface area contributed by atoms with E-state index >= 15 is 0 Å². The highest BCUT2D eigenvalue weighted by atomic mass is 35.5. The number of hydrogen-bond acceptors (Lipinski definition) is 5. The Labute approximate surface area is 137 Å². The Balaban J connectivity index is 1.95. The van der Waals surface area contributed by atoms with Crippen LogP contribution in [0.2, 0.25) is 5.02 Å². The lowest BCUT2D eigenvalue weighted by atomic mass is 10.2. The van der Waals surface area contributed by atoms with Crippen LogP contribution in [0.5, 0.6) is 0 Å². The van der Waals surface area contributed by atoms with Crippen LogP contribution in [0, 0.1) is 11.3 Å². The molecule has 23 heavy (non-hydrogen) atoms. The third kappa shape index (κ3) is 4.22. The molecule has 0 aliphatic rings. The number of benzene rings is 2. The van der Waals surface area contributed by atoms with E-state index in [2.05, 4.69) is 5.32 Å². The van der Waals surface area contributed by atoms with Crippen molar-refractivity contribution >= 4 is 34.9 Å². The Morgan fingerprint density at radius 1 is 1.26 bits per heavy atom. The van der Waals surface area contributed by atoms with Crippen molar-refractivity contribution in [3.63, 3.8) is 0 Å². The summed E-state index contributed by atoms with van der Waals surface area (Å²) in [6.07, 6.45) is 0. The fraction of sp³-hybridized carbons (Fsp3) is 0.0625. The van der Waals surface area contributed by atoms with Crippen LogP contribution in [-0.2, 0) is 9.53 Å². The van der Waals surface area contributed by atoms with Gasteiger partial charge in [-0.3, -0.25) is 4.79 Å². The minimum absolute atomic E-state index is 0.192. The number of nitrogens with zero attached hydrogens (tertiary/aromatic N) is 1. The number of carbonyl (C=O) groups is 2. The molecule has 0 fully saturated rings. The largest absolute Gasteiger partial charge is 0.452 e. The van der Waals surface area contributed by atoms with Gasteiger partial charge in [0, 0.05) is 0 Å². The third-order valence-corrected chi connectivity index (χ3v) is 3.23. The number of hydrogen-bond donors (Lipinski definition) is 2. The number of nitrogen functional groups attached to an aromatic ring is 1. The standard InChI is InChI=1S/C16H12ClN3O3/c17-12-6-5-10(7-13(12)19)16(22)23-9-15(21)20-14-4-2-1-3-11(14)8-18/h1-7H,9,19H2,(H,20,21). The van der Waals surface area contributed by atoms with Gasteiger partial charge in [0.15, 0.2) is 6.61 Å². The minimum Gasteiger partial charge on any atom is -0.452 e. The molecule has 116 valence electrons. The number of halogens is 1. The predicted octanol–water partition coefficient (Wildman–Crippen LogP) is 2.59. The lowest BCUT2D eigenvalue weighted by Gasteiger charge is -2.08. The molecule has 2 aromatic carbocycles. The second kappa shape index (κ2) is 7.29. The first-order chi connectivity index (χ1) is 11.0.